The van der Waals surface area contributed by atoms with Crippen LogP contribution in [0.3, 0.4) is 0 Å². The Bertz CT molecular complexity index is 621. The standard InChI is InChI=1S/C24H43O2P/c1-21(2,3)17-14-18(22(4,5)6)20(26-16-25-13)19(15-17)27(23(7,8)9)24(10,11)12/h14-15H,16H2,1-13H3. The molecule has 156 valence electrons. The molecular formula is C24H43O2P. The molecule has 0 fully saturated rings. The van der Waals surface area contributed by atoms with Crippen molar-refractivity contribution in [3.8, 4) is 5.75 Å². The van der Waals surface area contributed by atoms with Crippen LogP contribution >= 0.6 is 7.92 Å². The van der Waals surface area contributed by atoms with E-state index >= 15 is 0 Å². The van der Waals surface area contributed by atoms with E-state index in [0.717, 1.165) is 5.75 Å². The second-order valence-electron chi connectivity index (χ2n) is 11.6. The molecule has 0 spiro atoms. The summed E-state index contributed by atoms with van der Waals surface area (Å²) in [7, 11) is 1.21. The summed E-state index contributed by atoms with van der Waals surface area (Å²) < 4.78 is 11.6. The summed E-state index contributed by atoms with van der Waals surface area (Å²) in [6.45, 7) is 28.2. The zero-order valence-corrected chi connectivity index (χ0v) is 21.0. The van der Waals surface area contributed by atoms with E-state index < -0.39 is 7.92 Å². The summed E-state index contributed by atoms with van der Waals surface area (Å²) in [5, 5.41) is 1.72. The van der Waals surface area contributed by atoms with E-state index in [1.165, 1.54) is 16.4 Å². The number of hydrogen-bond donors (Lipinski definition) is 0. The van der Waals surface area contributed by atoms with Crippen molar-refractivity contribution in [3.63, 3.8) is 0 Å². The molecule has 0 saturated heterocycles. The van der Waals surface area contributed by atoms with Crippen molar-refractivity contribution < 1.29 is 9.47 Å². The van der Waals surface area contributed by atoms with E-state index in [-0.39, 0.29) is 27.9 Å². The molecule has 3 heteroatoms. The maximum Gasteiger partial charge on any atom is 0.188 e. The Kier molecular flexibility index (Phi) is 7.28. The predicted molar refractivity (Wildman–Crippen MR) is 122 cm³/mol. The van der Waals surface area contributed by atoms with E-state index in [1.54, 1.807) is 7.11 Å². The third-order valence-electron chi connectivity index (χ3n) is 4.65. The van der Waals surface area contributed by atoms with Gasteiger partial charge in [-0.3, -0.25) is 0 Å². The minimum absolute atomic E-state index is 0.00411. The number of benzene rings is 1. The molecule has 1 rings (SSSR count). The first-order valence-corrected chi connectivity index (χ1v) is 11.4. The highest BCUT2D eigenvalue weighted by Crippen LogP contribution is 2.60. The Balaban J connectivity index is 3.97. The van der Waals surface area contributed by atoms with Gasteiger partial charge in [0.25, 0.3) is 0 Å². The van der Waals surface area contributed by atoms with Crippen LogP contribution < -0.4 is 10.0 Å². The molecular weight excluding hydrogens is 351 g/mol. The molecule has 0 saturated carbocycles. The van der Waals surface area contributed by atoms with Gasteiger partial charge >= 0.3 is 0 Å². The predicted octanol–water partition coefficient (Wildman–Crippen LogP) is 6.97. The van der Waals surface area contributed by atoms with Gasteiger partial charge in [-0.1, -0.05) is 97.1 Å². The van der Waals surface area contributed by atoms with Gasteiger partial charge in [-0.25, -0.2) is 0 Å². The van der Waals surface area contributed by atoms with Crippen molar-refractivity contribution in [3.05, 3.63) is 23.3 Å². The van der Waals surface area contributed by atoms with Crippen LogP contribution in [0, 0.1) is 0 Å². The topological polar surface area (TPSA) is 18.5 Å². The fourth-order valence-corrected chi connectivity index (χ4v) is 7.88. The molecule has 27 heavy (non-hydrogen) atoms. The quantitative estimate of drug-likeness (QED) is 0.405. The van der Waals surface area contributed by atoms with Crippen LogP contribution in [0.15, 0.2) is 12.1 Å². The highest BCUT2D eigenvalue weighted by molar-refractivity contribution is 7.68. The minimum atomic E-state index is -0.482. The van der Waals surface area contributed by atoms with Crippen molar-refractivity contribution in [2.75, 3.05) is 13.9 Å². The van der Waals surface area contributed by atoms with Crippen LogP contribution in [0.25, 0.3) is 0 Å². The molecule has 0 aliphatic heterocycles. The lowest BCUT2D eigenvalue weighted by atomic mass is 9.80. The minimum Gasteiger partial charge on any atom is -0.467 e. The summed E-state index contributed by atoms with van der Waals surface area (Å²) in [6.07, 6.45) is 0. The maximum absolute atomic E-state index is 6.28. The first-order chi connectivity index (χ1) is 11.9. The zero-order chi connectivity index (χ0) is 21.4. The highest BCUT2D eigenvalue weighted by atomic mass is 31.1. The molecule has 0 amide bonds. The van der Waals surface area contributed by atoms with Crippen LogP contribution in [0.4, 0.5) is 0 Å². The number of ether oxygens (including phenoxy) is 2. The van der Waals surface area contributed by atoms with E-state index in [9.17, 15) is 0 Å². The Morgan fingerprint density at radius 3 is 1.56 bits per heavy atom. The van der Waals surface area contributed by atoms with Gasteiger partial charge < -0.3 is 9.47 Å². The second-order valence-corrected chi connectivity index (χ2v) is 15.4. The van der Waals surface area contributed by atoms with Crippen molar-refractivity contribution in [1.29, 1.82) is 0 Å². The van der Waals surface area contributed by atoms with E-state index in [4.69, 9.17) is 9.47 Å². The molecule has 0 atom stereocenters. The molecule has 0 aromatic heterocycles. The zero-order valence-electron chi connectivity index (χ0n) is 20.1. The van der Waals surface area contributed by atoms with Gasteiger partial charge in [0.15, 0.2) is 6.79 Å². The molecule has 0 radical (unpaired) electrons. The van der Waals surface area contributed by atoms with Crippen LogP contribution in [0.5, 0.6) is 5.75 Å². The SMILES string of the molecule is COCOc1c(P(C(C)(C)C)C(C)(C)C)cc(C(C)(C)C)cc1C(C)(C)C. The summed E-state index contributed by atoms with van der Waals surface area (Å²) in [5.74, 6) is 1.04. The van der Waals surface area contributed by atoms with Crippen molar-refractivity contribution in [1.82, 2.24) is 0 Å². The third kappa shape index (κ3) is 6.20. The first kappa shape index (κ1) is 24.4. The third-order valence-corrected chi connectivity index (χ3v) is 8.14. The first-order valence-electron chi connectivity index (χ1n) is 10.0. The van der Waals surface area contributed by atoms with E-state index in [0.29, 0.717) is 0 Å². The normalized spacial score (nSPS) is 14.0. The molecule has 1 aromatic rings. The summed E-state index contributed by atoms with van der Waals surface area (Å²) in [4.78, 5) is 0. The van der Waals surface area contributed by atoms with Crippen LogP contribution in [0.1, 0.15) is 94.2 Å². The van der Waals surface area contributed by atoms with E-state index in [1.807, 2.05) is 0 Å². The van der Waals surface area contributed by atoms with E-state index in [2.05, 4.69) is 95.2 Å². The molecule has 0 aliphatic carbocycles. The van der Waals surface area contributed by atoms with Gasteiger partial charge in [-0.2, -0.15) is 0 Å². The summed E-state index contributed by atoms with van der Waals surface area (Å²) in [6, 6.07) is 4.77. The lowest BCUT2D eigenvalue weighted by Gasteiger charge is -2.43. The highest BCUT2D eigenvalue weighted by Gasteiger charge is 2.39. The van der Waals surface area contributed by atoms with Crippen LogP contribution in [0.2, 0.25) is 0 Å². The molecule has 0 heterocycles. The van der Waals surface area contributed by atoms with Crippen molar-refractivity contribution >= 4 is 13.2 Å². The smallest absolute Gasteiger partial charge is 0.188 e. The lowest BCUT2D eigenvalue weighted by molar-refractivity contribution is 0.0505. The van der Waals surface area contributed by atoms with Gasteiger partial charge in [-0.15, -0.1) is 0 Å². The van der Waals surface area contributed by atoms with Crippen molar-refractivity contribution in [2.24, 2.45) is 0 Å². The van der Waals surface area contributed by atoms with Gasteiger partial charge in [0.1, 0.15) is 5.75 Å². The summed E-state index contributed by atoms with van der Waals surface area (Å²) >= 11 is 0. The molecule has 0 unspecified atom stereocenters. The Labute approximate surface area is 170 Å². The molecule has 0 aliphatic rings. The Morgan fingerprint density at radius 1 is 0.741 bits per heavy atom. The maximum atomic E-state index is 6.28. The lowest BCUT2D eigenvalue weighted by Crippen LogP contribution is -2.34. The van der Waals surface area contributed by atoms with Gasteiger partial charge in [-0.05, 0) is 32.8 Å². The van der Waals surface area contributed by atoms with Gasteiger partial charge in [0, 0.05) is 18.0 Å². The van der Waals surface area contributed by atoms with Gasteiger partial charge in [0.2, 0.25) is 0 Å². The van der Waals surface area contributed by atoms with Crippen LogP contribution in [-0.4, -0.2) is 24.2 Å². The Hall–Kier alpha value is -0.590. The van der Waals surface area contributed by atoms with Crippen LogP contribution in [-0.2, 0) is 15.6 Å². The largest absolute Gasteiger partial charge is 0.467 e. The molecule has 1 aromatic carbocycles. The van der Waals surface area contributed by atoms with Crippen molar-refractivity contribution in [2.45, 2.75) is 104 Å². The fourth-order valence-electron chi connectivity index (χ4n) is 3.77. The molecule has 0 N–H and O–H groups in total. The number of methoxy groups -OCH3 is 1. The summed E-state index contributed by atoms with van der Waals surface area (Å²) in [5.41, 5.74) is 2.75. The average molecular weight is 395 g/mol. The fraction of sp³-hybridized carbons (Fsp3) is 0.750. The molecule has 2 nitrogen and oxygen atoms in total. The number of rotatable bonds is 4. The monoisotopic (exact) mass is 394 g/mol. The number of hydrogen-bond acceptors (Lipinski definition) is 2. The second kappa shape index (κ2) is 8.03. The van der Waals surface area contributed by atoms with Gasteiger partial charge in [0.05, 0.1) is 0 Å². The molecule has 0 bridgehead atoms. The Morgan fingerprint density at radius 2 is 1.22 bits per heavy atom. The average Bonchev–Trinajstić information content (AvgIpc) is 2.39.